The van der Waals surface area contributed by atoms with Gasteiger partial charge in [-0.15, -0.1) is 0 Å². The predicted octanol–water partition coefficient (Wildman–Crippen LogP) is 2.14. The highest BCUT2D eigenvalue weighted by Crippen LogP contribution is 2.34. The molecule has 0 saturated carbocycles. The number of halogens is 1. The first-order valence-corrected chi connectivity index (χ1v) is 6.45. The van der Waals surface area contributed by atoms with Crippen LogP contribution in [0.5, 0.6) is 0 Å². The summed E-state index contributed by atoms with van der Waals surface area (Å²) in [6.07, 6.45) is 3.86. The minimum Gasteiger partial charge on any atom is -0.373 e. The number of benzene rings is 1. The first kappa shape index (κ1) is 12.5. The quantitative estimate of drug-likeness (QED) is 0.670. The van der Waals surface area contributed by atoms with Gasteiger partial charge in [0.15, 0.2) is 0 Å². The second kappa shape index (κ2) is 4.86. The fourth-order valence-corrected chi connectivity index (χ4v) is 2.91. The van der Waals surface area contributed by atoms with E-state index in [1.807, 2.05) is 0 Å². The lowest BCUT2D eigenvalue weighted by Crippen LogP contribution is -2.36. The Morgan fingerprint density at radius 1 is 1.47 bits per heavy atom. The van der Waals surface area contributed by atoms with Gasteiger partial charge in [0.1, 0.15) is 0 Å². The van der Waals surface area contributed by atoms with Crippen molar-refractivity contribution in [1.29, 1.82) is 0 Å². The molecular weight excluding hydrogens is 251 g/mol. The SMILES string of the molecule is O=[N+]([O-])c1ccc(CNC2CC3CCC2O3)cc1F. The smallest absolute Gasteiger partial charge is 0.304 e. The Balaban J connectivity index is 1.61. The van der Waals surface area contributed by atoms with E-state index < -0.39 is 16.4 Å². The second-order valence-electron chi connectivity index (χ2n) is 5.14. The fourth-order valence-electron chi connectivity index (χ4n) is 2.91. The molecule has 3 atom stereocenters. The van der Waals surface area contributed by atoms with Crippen molar-refractivity contribution in [2.45, 2.75) is 44.1 Å². The summed E-state index contributed by atoms with van der Waals surface area (Å²) in [7, 11) is 0. The normalized spacial score (nSPS) is 28.8. The number of nitrogens with zero attached hydrogens (tertiary/aromatic N) is 1. The van der Waals surface area contributed by atoms with Crippen LogP contribution in [0.4, 0.5) is 10.1 Å². The van der Waals surface area contributed by atoms with Gasteiger partial charge in [-0.2, -0.15) is 4.39 Å². The van der Waals surface area contributed by atoms with E-state index in [9.17, 15) is 14.5 Å². The van der Waals surface area contributed by atoms with Gasteiger partial charge in [0, 0.05) is 18.7 Å². The van der Waals surface area contributed by atoms with Gasteiger partial charge in [-0.3, -0.25) is 10.1 Å². The molecule has 1 aromatic carbocycles. The Kier molecular flexibility index (Phi) is 3.20. The number of hydrogen-bond donors (Lipinski definition) is 1. The minimum absolute atomic E-state index is 0.271. The van der Waals surface area contributed by atoms with Crippen LogP contribution in [0.2, 0.25) is 0 Å². The van der Waals surface area contributed by atoms with E-state index in [0.717, 1.165) is 19.3 Å². The van der Waals surface area contributed by atoms with Crippen molar-refractivity contribution in [3.63, 3.8) is 0 Å². The molecular formula is C13H15FN2O3. The van der Waals surface area contributed by atoms with E-state index in [1.54, 1.807) is 6.07 Å². The molecule has 1 aromatic rings. The van der Waals surface area contributed by atoms with Crippen LogP contribution >= 0.6 is 0 Å². The Morgan fingerprint density at radius 3 is 2.89 bits per heavy atom. The van der Waals surface area contributed by atoms with Crippen LogP contribution in [0.1, 0.15) is 24.8 Å². The third-order valence-electron chi connectivity index (χ3n) is 3.88. The summed E-state index contributed by atoms with van der Waals surface area (Å²) in [6, 6.07) is 4.34. The number of nitrogens with one attached hydrogen (secondary N) is 1. The zero-order valence-corrected chi connectivity index (χ0v) is 10.3. The van der Waals surface area contributed by atoms with Gasteiger partial charge >= 0.3 is 5.69 Å². The summed E-state index contributed by atoms with van der Waals surface area (Å²) in [5.74, 6) is -0.784. The highest BCUT2D eigenvalue weighted by atomic mass is 19.1. The van der Waals surface area contributed by atoms with Gasteiger partial charge in [0.25, 0.3) is 0 Å². The molecule has 19 heavy (non-hydrogen) atoms. The maximum Gasteiger partial charge on any atom is 0.304 e. The maximum atomic E-state index is 13.5. The Bertz CT molecular complexity index is 509. The monoisotopic (exact) mass is 266 g/mol. The van der Waals surface area contributed by atoms with Crippen LogP contribution in [0.15, 0.2) is 18.2 Å². The van der Waals surface area contributed by atoms with E-state index in [4.69, 9.17) is 4.74 Å². The van der Waals surface area contributed by atoms with Crippen LogP contribution in [0, 0.1) is 15.9 Å². The summed E-state index contributed by atoms with van der Waals surface area (Å²) >= 11 is 0. The summed E-state index contributed by atoms with van der Waals surface area (Å²) in [4.78, 5) is 9.81. The van der Waals surface area contributed by atoms with E-state index in [2.05, 4.69) is 5.32 Å². The van der Waals surface area contributed by atoms with Crippen LogP contribution < -0.4 is 5.32 Å². The van der Waals surface area contributed by atoms with Gasteiger partial charge in [-0.05, 0) is 30.9 Å². The Morgan fingerprint density at radius 2 is 2.32 bits per heavy atom. The zero-order valence-electron chi connectivity index (χ0n) is 10.3. The fraction of sp³-hybridized carbons (Fsp3) is 0.538. The Labute approximate surface area is 109 Å². The molecule has 0 amide bonds. The number of nitro groups is 1. The minimum atomic E-state index is -0.784. The standard InChI is InChI=1S/C13H15FN2O3/c14-10-5-8(1-3-12(10)16(17)18)7-15-11-6-9-2-4-13(11)19-9/h1,3,5,9,11,13,15H,2,4,6-7H2. The maximum absolute atomic E-state index is 13.5. The predicted molar refractivity (Wildman–Crippen MR) is 66.2 cm³/mol. The molecule has 0 aliphatic carbocycles. The molecule has 2 aliphatic heterocycles. The average Bonchev–Trinajstić information content (AvgIpc) is 2.98. The molecule has 2 bridgehead atoms. The third kappa shape index (κ3) is 2.46. The Hall–Kier alpha value is -1.53. The second-order valence-corrected chi connectivity index (χ2v) is 5.14. The van der Waals surface area contributed by atoms with Crippen LogP contribution in [-0.2, 0) is 11.3 Å². The molecule has 0 aromatic heterocycles. The average molecular weight is 266 g/mol. The molecule has 2 aliphatic rings. The van der Waals surface area contributed by atoms with Gasteiger partial charge in [-0.1, -0.05) is 6.07 Å². The van der Waals surface area contributed by atoms with Gasteiger partial charge < -0.3 is 10.1 Å². The molecule has 5 nitrogen and oxygen atoms in total. The highest BCUT2D eigenvalue weighted by Gasteiger charge is 2.40. The number of fused-ring (bicyclic) bond motifs is 2. The molecule has 6 heteroatoms. The molecule has 2 fully saturated rings. The first-order chi connectivity index (χ1) is 9.13. The molecule has 2 heterocycles. The van der Waals surface area contributed by atoms with Crippen LogP contribution in [0.25, 0.3) is 0 Å². The highest BCUT2D eigenvalue weighted by molar-refractivity contribution is 5.35. The van der Waals surface area contributed by atoms with Crippen molar-refractivity contribution in [3.8, 4) is 0 Å². The third-order valence-corrected chi connectivity index (χ3v) is 3.88. The van der Waals surface area contributed by atoms with E-state index in [-0.39, 0.29) is 6.10 Å². The van der Waals surface area contributed by atoms with Crippen molar-refractivity contribution in [2.75, 3.05) is 0 Å². The van der Waals surface area contributed by atoms with E-state index in [1.165, 1.54) is 12.1 Å². The summed E-state index contributed by atoms with van der Waals surface area (Å²) in [6.45, 7) is 0.506. The molecule has 102 valence electrons. The van der Waals surface area contributed by atoms with Crippen LogP contribution in [-0.4, -0.2) is 23.2 Å². The summed E-state index contributed by atoms with van der Waals surface area (Å²) < 4.78 is 19.2. The van der Waals surface area contributed by atoms with Crippen molar-refractivity contribution in [1.82, 2.24) is 5.32 Å². The van der Waals surface area contributed by atoms with E-state index in [0.29, 0.717) is 24.3 Å². The van der Waals surface area contributed by atoms with E-state index >= 15 is 0 Å². The van der Waals surface area contributed by atoms with Gasteiger partial charge in [-0.25, -0.2) is 0 Å². The van der Waals surface area contributed by atoms with Gasteiger partial charge in [0.2, 0.25) is 5.82 Å². The van der Waals surface area contributed by atoms with Crippen molar-refractivity contribution in [3.05, 3.63) is 39.7 Å². The van der Waals surface area contributed by atoms with Crippen molar-refractivity contribution >= 4 is 5.69 Å². The molecule has 1 N–H and O–H groups in total. The summed E-state index contributed by atoms with van der Waals surface area (Å²) in [5.41, 5.74) is 0.234. The topological polar surface area (TPSA) is 64.4 Å². The molecule has 3 unspecified atom stereocenters. The first-order valence-electron chi connectivity index (χ1n) is 6.45. The number of hydrogen-bond acceptors (Lipinski definition) is 4. The lowest BCUT2D eigenvalue weighted by atomic mass is 9.95. The van der Waals surface area contributed by atoms with Crippen LogP contribution in [0.3, 0.4) is 0 Å². The number of nitro benzene ring substituents is 1. The zero-order chi connectivity index (χ0) is 13.4. The number of rotatable bonds is 4. The lowest BCUT2D eigenvalue weighted by Gasteiger charge is -2.20. The molecule has 3 rings (SSSR count). The largest absolute Gasteiger partial charge is 0.373 e. The van der Waals surface area contributed by atoms with Gasteiger partial charge in [0.05, 0.1) is 17.1 Å². The summed E-state index contributed by atoms with van der Waals surface area (Å²) in [5, 5.41) is 13.9. The molecule has 0 spiro atoms. The number of ether oxygens (including phenoxy) is 1. The van der Waals surface area contributed by atoms with Crippen molar-refractivity contribution < 1.29 is 14.1 Å². The van der Waals surface area contributed by atoms with Crippen molar-refractivity contribution in [2.24, 2.45) is 0 Å². The molecule has 2 saturated heterocycles. The molecule has 0 radical (unpaired) electrons. The lowest BCUT2D eigenvalue weighted by molar-refractivity contribution is -0.387.